The van der Waals surface area contributed by atoms with Crippen LogP contribution in [0.5, 0.6) is 0 Å². The Kier molecular flexibility index (Phi) is 3.39. The Morgan fingerprint density at radius 2 is 2.14 bits per heavy atom. The summed E-state index contributed by atoms with van der Waals surface area (Å²) in [6.45, 7) is 4.06. The second-order valence-electron chi connectivity index (χ2n) is 5.98. The number of aromatic nitrogens is 3. The van der Waals surface area contributed by atoms with Crippen molar-refractivity contribution in [2.24, 2.45) is 0 Å². The quantitative estimate of drug-likeness (QED) is 0.806. The number of nitrogens with zero attached hydrogens (tertiary/aromatic N) is 3. The van der Waals surface area contributed by atoms with E-state index in [9.17, 15) is 0 Å². The van der Waals surface area contributed by atoms with Gasteiger partial charge in [0.05, 0.1) is 12.6 Å². The molecule has 4 nitrogen and oxygen atoms in total. The standard InChI is InChI=1S/C18H20N4/c1-13-6-2-3-7-14(13)12-22-17-16(9-5-11-20-17)21-18(22)15-8-4-10-19-15/h2-3,5-7,9,11,15,19H,4,8,10,12H2,1H3. The number of nitrogens with one attached hydrogen (secondary N) is 1. The van der Waals surface area contributed by atoms with Crippen LogP contribution in [0.2, 0.25) is 0 Å². The number of rotatable bonds is 3. The van der Waals surface area contributed by atoms with Crippen molar-refractivity contribution in [3.05, 3.63) is 59.5 Å². The molecule has 1 aromatic carbocycles. The fraction of sp³-hybridized carbons (Fsp3) is 0.333. The molecule has 1 unspecified atom stereocenters. The van der Waals surface area contributed by atoms with Gasteiger partial charge in [-0.1, -0.05) is 24.3 Å². The number of imidazole rings is 1. The van der Waals surface area contributed by atoms with Crippen molar-refractivity contribution >= 4 is 11.2 Å². The highest BCUT2D eigenvalue weighted by Crippen LogP contribution is 2.26. The Morgan fingerprint density at radius 3 is 2.95 bits per heavy atom. The maximum absolute atomic E-state index is 4.86. The summed E-state index contributed by atoms with van der Waals surface area (Å²) in [5, 5.41) is 3.56. The number of benzene rings is 1. The molecule has 4 heteroatoms. The summed E-state index contributed by atoms with van der Waals surface area (Å²) in [5.74, 6) is 1.12. The number of hydrogen-bond acceptors (Lipinski definition) is 3. The SMILES string of the molecule is Cc1ccccc1Cn1c(C2CCCN2)nc2cccnc21. The second-order valence-corrected chi connectivity index (χ2v) is 5.98. The van der Waals surface area contributed by atoms with Gasteiger partial charge in [0.2, 0.25) is 0 Å². The molecule has 1 atom stereocenters. The lowest BCUT2D eigenvalue weighted by Crippen LogP contribution is -2.18. The largest absolute Gasteiger partial charge is 0.307 e. The minimum absolute atomic E-state index is 0.346. The number of pyridine rings is 1. The molecule has 0 radical (unpaired) electrons. The molecule has 0 aliphatic carbocycles. The molecule has 4 rings (SSSR count). The molecule has 1 N–H and O–H groups in total. The van der Waals surface area contributed by atoms with Gasteiger partial charge in [-0.2, -0.15) is 0 Å². The van der Waals surface area contributed by atoms with Gasteiger partial charge in [0.15, 0.2) is 5.65 Å². The van der Waals surface area contributed by atoms with Crippen LogP contribution in [0.4, 0.5) is 0 Å². The van der Waals surface area contributed by atoms with E-state index in [-0.39, 0.29) is 0 Å². The third-order valence-corrected chi connectivity index (χ3v) is 4.49. The highest BCUT2D eigenvalue weighted by atomic mass is 15.2. The van der Waals surface area contributed by atoms with E-state index in [4.69, 9.17) is 4.98 Å². The van der Waals surface area contributed by atoms with Crippen molar-refractivity contribution in [3.8, 4) is 0 Å². The normalized spacial score (nSPS) is 18.1. The summed E-state index contributed by atoms with van der Waals surface area (Å²) < 4.78 is 2.28. The molecular weight excluding hydrogens is 272 g/mol. The average molecular weight is 292 g/mol. The predicted octanol–water partition coefficient (Wildman–Crippen LogP) is 3.21. The summed E-state index contributed by atoms with van der Waals surface area (Å²) in [6, 6.07) is 12.9. The predicted molar refractivity (Wildman–Crippen MR) is 87.8 cm³/mol. The van der Waals surface area contributed by atoms with Crippen LogP contribution >= 0.6 is 0 Å². The van der Waals surface area contributed by atoms with Gasteiger partial charge in [-0.25, -0.2) is 9.97 Å². The second kappa shape index (κ2) is 5.54. The first-order valence-corrected chi connectivity index (χ1v) is 7.92. The topological polar surface area (TPSA) is 42.7 Å². The van der Waals surface area contributed by atoms with Gasteiger partial charge >= 0.3 is 0 Å². The van der Waals surface area contributed by atoms with Crippen LogP contribution in [0.15, 0.2) is 42.6 Å². The van der Waals surface area contributed by atoms with Crippen LogP contribution in [0.25, 0.3) is 11.2 Å². The van der Waals surface area contributed by atoms with Gasteiger partial charge < -0.3 is 9.88 Å². The zero-order valence-corrected chi connectivity index (χ0v) is 12.8. The van der Waals surface area contributed by atoms with Gasteiger partial charge in [-0.15, -0.1) is 0 Å². The zero-order valence-electron chi connectivity index (χ0n) is 12.8. The van der Waals surface area contributed by atoms with Crippen LogP contribution in [0, 0.1) is 6.92 Å². The van der Waals surface area contributed by atoms with E-state index in [2.05, 4.69) is 52.1 Å². The summed E-state index contributed by atoms with van der Waals surface area (Å²) in [4.78, 5) is 9.43. The molecule has 22 heavy (non-hydrogen) atoms. The van der Waals surface area contributed by atoms with Crippen molar-refractivity contribution in [1.29, 1.82) is 0 Å². The molecule has 112 valence electrons. The Hall–Kier alpha value is -2.20. The zero-order chi connectivity index (χ0) is 14.9. The smallest absolute Gasteiger partial charge is 0.160 e. The molecule has 0 saturated carbocycles. The van der Waals surface area contributed by atoms with E-state index >= 15 is 0 Å². The molecule has 1 saturated heterocycles. The van der Waals surface area contributed by atoms with E-state index in [0.29, 0.717) is 6.04 Å². The van der Waals surface area contributed by atoms with Crippen LogP contribution in [0.3, 0.4) is 0 Å². The molecule has 1 aliphatic heterocycles. The maximum atomic E-state index is 4.86. The molecule has 3 heterocycles. The lowest BCUT2D eigenvalue weighted by atomic mass is 10.1. The monoisotopic (exact) mass is 292 g/mol. The minimum atomic E-state index is 0.346. The average Bonchev–Trinajstić information content (AvgIpc) is 3.17. The Morgan fingerprint density at radius 1 is 1.23 bits per heavy atom. The van der Waals surface area contributed by atoms with Crippen molar-refractivity contribution in [3.63, 3.8) is 0 Å². The highest BCUT2D eigenvalue weighted by molar-refractivity contribution is 5.71. The molecule has 1 fully saturated rings. The summed E-state index contributed by atoms with van der Waals surface area (Å²) in [6.07, 6.45) is 4.22. The first kappa shape index (κ1) is 13.5. The van der Waals surface area contributed by atoms with E-state index in [1.54, 1.807) is 0 Å². The first-order chi connectivity index (χ1) is 10.8. The lowest BCUT2D eigenvalue weighted by molar-refractivity contribution is 0.569. The van der Waals surface area contributed by atoms with Gasteiger partial charge in [-0.3, -0.25) is 0 Å². The molecule has 0 amide bonds. The summed E-state index contributed by atoms with van der Waals surface area (Å²) >= 11 is 0. The van der Waals surface area contributed by atoms with Crippen molar-refractivity contribution < 1.29 is 0 Å². The molecule has 1 aliphatic rings. The minimum Gasteiger partial charge on any atom is -0.307 e. The summed E-state index contributed by atoms with van der Waals surface area (Å²) in [5.41, 5.74) is 4.60. The van der Waals surface area contributed by atoms with Gasteiger partial charge in [0.1, 0.15) is 11.3 Å². The molecule has 2 aromatic heterocycles. The fourth-order valence-corrected chi connectivity index (χ4v) is 3.26. The van der Waals surface area contributed by atoms with Crippen LogP contribution in [-0.4, -0.2) is 21.1 Å². The van der Waals surface area contributed by atoms with E-state index in [1.165, 1.54) is 17.5 Å². The molecular formula is C18H20N4. The van der Waals surface area contributed by atoms with E-state index in [0.717, 1.165) is 36.5 Å². The van der Waals surface area contributed by atoms with Crippen molar-refractivity contribution in [1.82, 2.24) is 19.9 Å². The maximum Gasteiger partial charge on any atom is 0.160 e. The molecule has 0 bridgehead atoms. The lowest BCUT2D eigenvalue weighted by Gasteiger charge is -2.15. The van der Waals surface area contributed by atoms with Crippen molar-refractivity contribution in [2.45, 2.75) is 32.4 Å². The Labute approximate surface area is 130 Å². The van der Waals surface area contributed by atoms with E-state index in [1.807, 2.05) is 12.3 Å². The first-order valence-electron chi connectivity index (χ1n) is 7.92. The van der Waals surface area contributed by atoms with Crippen LogP contribution in [-0.2, 0) is 6.54 Å². The summed E-state index contributed by atoms with van der Waals surface area (Å²) in [7, 11) is 0. The van der Waals surface area contributed by atoms with Crippen LogP contribution < -0.4 is 5.32 Å². The third kappa shape index (κ3) is 2.29. The fourth-order valence-electron chi connectivity index (χ4n) is 3.26. The number of hydrogen-bond donors (Lipinski definition) is 1. The number of aryl methyl sites for hydroxylation is 1. The Bertz CT molecular complexity index is 800. The van der Waals surface area contributed by atoms with Gasteiger partial charge in [0.25, 0.3) is 0 Å². The molecule has 0 spiro atoms. The number of fused-ring (bicyclic) bond motifs is 1. The highest BCUT2D eigenvalue weighted by Gasteiger charge is 2.23. The Balaban J connectivity index is 1.83. The van der Waals surface area contributed by atoms with Crippen LogP contribution in [0.1, 0.15) is 35.8 Å². The van der Waals surface area contributed by atoms with Crippen molar-refractivity contribution in [2.75, 3.05) is 6.54 Å². The molecule has 3 aromatic rings. The van der Waals surface area contributed by atoms with Gasteiger partial charge in [-0.05, 0) is 49.6 Å². The van der Waals surface area contributed by atoms with Gasteiger partial charge in [0, 0.05) is 6.20 Å². The van der Waals surface area contributed by atoms with E-state index < -0.39 is 0 Å². The third-order valence-electron chi connectivity index (χ3n) is 4.49.